The van der Waals surface area contributed by atoms with Crippen LogP contribution >= 0.6 is 22.6 Å². The maximum Gasteiger partial charge on any atom is 0.0580 e. The van der Waals surface area contributed by atoms with E-state index in [9.17, 15) is 0 Å². The SMILES string of the molecule is Cc1ccc2c(c1)c(I)c(C1=CCCCC1)n2C. The summed E-state index contributed by atoms with van der Waals surface area (Å²) in [6.45, 7) is 2.17. The fourth-order valence-electron chi connectivity index (χ4n) is 2.92. The largest absolute Gasteiger partial charge is 0.343 e. The van der Waals surface area contributed by atoms with Crippen molar-refractivity contribution in [2.24, 2.45) is 7.05 Å². The van der Waals surface area contributed by atoms with Crippen LogP contribution in [0, 0.1) is 10.5 Å². The number of hydrogen-bond donors (Lipinski definition) is 0. The predicted octanol–water partition coefficient (Wildman–Crippen LogP) is 5.05. The van der Waals surface area contributed by atoms with Gasteiger partial charge in [0.15, 0.2) is 0 Å². The summed E-state index contributed by atoms with van der Waals surface area (Å²) in [6, 6.07) is 6.77. The van der Waals surface area contributed by atoms with E-state index in [1.165, 1.54) is 51.4 Å². The molecule has 0 N–H and O–H groups in total. The highest BCUT2D eigenvalue weighted by Gasteiger charge is 2.17. The first-order valence-electron chi connectivity index (χ1n) is 6.62. The third-order valence-electron chi connectivity index (χ3n) is 3.89. The Bertz CT molecular complexity index is 634. The number of nitrogens with zero attached hydrogens (tertiary/aromatic N) is 1. The van der Waals surface area contributed by atoms with Gasteiger partial charge in [-0.15, -0.1) is 0 Å². The van der Waals surface area contributed by atoms with Crippen molar-refractivity contribution in [3.05, 3.63) is 39.1 Å². The van der Waals surface area contributed by atoms with E-state index in [1.807, 2.05) is 0 Å². The highest BCUT2D eigenvalue weighted by atomic mass is 127. The Morgan fingerprint density at radius 2 is 2.06 bits per heavy atom. The fourth-order valence-corrected chi connectivity index (χ4v) is 4.06. The van der Waals surface area contributed by atoms with Gasteiger partial charge in [0.1, 0.15) is 0 Å². The van der Waals surface area contributed by atoms with E-state index in [4.69, 9.17) is 0 Å². The second kappa shape index (κ2) is 4.72. The molecule has 3 rings (SSSR count). The van der Waals surface area contributed by atoms with Gasteiger partial charge in [-0.25, -0.2) is 0 Å². The lowest BCUT2D eigenvalue weighted by Gasteiger charge is -2.14. The lowest BCUT2D eigenvalue weighted by Crippen LogP contribution is -2.00. The molecule has 1 nitrogen and oxygen atoms in total. The van der Waals surface area contributed by atoms with Crippen molar-refractivity contribution < 1.29 is 0 Å². The summed E-state index contributed by atoms with van der Waals surface area (Å²) in [5.41, 5.74) is 5.68. The molecule has 0 unspecified atom stereocenters. The summed E-state index contributed by atoms with van der Waals surface area (Å²) in [6.07, 6.45) is 7.60. The molecule has 18 heavy (non-hydrogen) atoms. The third kappa shape index (κ3) is 1.91. The second-order valence-corrected chi connectivity index (χ2v) is 6.30. The van der Waals surface area contributed by atoms with E-state index < -0.39 is 0 Å². The van der Waals surface area contributed by atoms with Crippen LogP contribution in [-0.2, 0) is 7.05 Å². The summed E-state index contributed by atoms with van der Waals surface area (Å²) in [7, 11) is 2.20. The molecule has 0 spiro atoms. The lowest BCUT2D eigenvalue weighted by atomic mass is 9.97. The van der Waals surface area contributed by atoms with Crippen molar-refractivity contribution in [2.45, 2.75) is 32.6 Å². The van der Waals surface area contributed by atoms with E-state index in [2.05, 4.69) is 65.4 Å². The molecule has 0 radical (unpaired) electrons. The van der Waals surface area contributed by atoms with Crippen molar-refractivity contribution in [1.29, 1.82) is 0 Å². The van der Waals surface area contributed by atoms with Crippen LogP contribution in [0.15, 0.2) is 24.3 Å². The first kappa shape index (κ1) is 12.3. The van der Waals surface area contributed by atoms with Crippen molar-refractivity contribution in [3.8, 4) is 0 Å². The highest BCUT2D eigenvalue weighted by Crippen LogP contribution is 2.35. The summed E-state index contributed by atoms with van der Waals surface area (Å²) in [5.74, 6) is 0. The molecule has 1 aliphatic rings. The average Bonchev–Trinajstić information content (AvgIpc) is 2.63. The lowest BCUT2D eigenvalue weighted by molar-refractivity contribution is 0.735. The minimum atomic E-state index is 1.24. The number of aryl methyl sites for hydroxylation is 2. The number of rotatable bonds is 1. The molecule has 2 heteroatoms. The van der Waals surface area contributed by atoms with Crippen molar-refractivity contribution in [1.82, 2.24) is 4.57 Å². The minimum absolute atomic E-state index is 1.24. The number of allylic oxidation sites excluding steroid dienone is 2. The Morgan fingerprint density at radius 1 is 1.22 bits per heavy atom. The molecule has 94 valence electrons. The number of benzene rings is 1. The summed E-state index contributed by atoms with van der Waals surface area (Å²) in [5, 5.41) is 1.40. The van der Waals surface area contributed by atoms with Crippen LogP contribution in [0.25, 0.3) is 16.5 Å². The standard InChI is InChI=1S/C16H18IN/c1-11-8-9-14-13(10-11)15(17)16(18(14)2)12-6-4-3-5-7-12/h6,8-10H,3-5,7H2,1-2H3. The van der Waals surface area contributed by atoms with Crippen LogP contribution in [0.5, 0.6) is 0 Å². The van der Waals surface area contributed by atoms with E-state index >= 15 is 0 Å². The molecule has 1 aromatic carbocycles. The molecular weight excluding hydrogens is 333 g/mol. The van der Waals surface area contributed by atoms with Crippen molar-refractivity contribution in [2.75, 3.05) is 0 Å². The Morgan fingerprint density at radius 3 is 2.78 bits per heavy atom. The smallest absolute Gasteiger partial charge is 0.0580 e. The van der Waals surface area contributed by atoms with Crippen LogP contribution in [-0.4, -0.2) is 4.57 Å². The van der Waals surface area contributed by atoms with Crippen LogP contribution in [0.3, 0.4) is 0 Å². The van der Waals surface area contributed by atoms with Gasteiger partial charge in [-0.2, -0.15) is 0 Å². The van der Waals surface area contributed by atoms with Crippen molar-refractivity contribution in [3.63, 3.8) is 0 Å². The molecule has 0 fully saturated rings. The van der Waals surface area contributed by atoms with E-state index in [-0.39, 0.29) is 0 Å². The number of aromatic nitrogens is 1. The molecule has 2 aromatic rings. The summed E-state index contributed by atoms with van der Waals surface area (Å²) < 4.78 is 3.79. The van der Waals surface area contributed by atoms with Gasteiger partial charge in [-0.05, 0) is 72.9 Å². The number of halogens is 1. The van der Waals surface area contributed by atoms with Crippen molar-refractivity contribution >= 4 is 39.1 Å². The van der Waals surface area contributed by atoms with E-state index in [0.717, 1.165) is 0 Å². The zero-order valence-corrected chi connectivity index (χ0v) is 13.1. The number of fused-ring (bicyclic) bond motifs is 1. The van der Waals surface area contributed by atoms with Gasteiger partial charge < -0.3 is 4.57 Å². The van der Waals surface area contributed by atoms with Gasteiger partial charge in [-0.3, -0.25) is 0 Å². The summed E-state index contributed by atoms with van der Waals surface area (Å²) in [4.78, 5) is 0. The van der Waals surface area contributed by atoms with Gasteiger partial charge >= 0.3 is 0 Å². The number of hydrogen-bond acceptors (Lipinski definition) is 0. The zero-order chi connectivity index (χ0) is 12.7. The van der Waals surface area contributed by atoms with Gasteiger partial charge in [0.25, 0.3) is 0 Å². The monoisotopic (exact) mass is 351 g/mol. The second-order valence-electron chi connectivity index (χ2n) is 5.22. The molecule has 1 heterocycles. The Kier molecular flexibility index (Phi) is 3.22. The molecule has 0 amide bonds. The van der Waals surface area contributed by atoms with E-state index in [0.29, 0.717) is 0 Å². The van der Waals surface area contributed by atoms with Gasteiger partial charge in [-0.1, -0.05) is 17.7 Å². The Labute approximate surface area is 122 Å². The van der Waals surface area contributed by atoms with Crippen LogP contribution in [0.4, 0.5) is 0 Å². The summed E-state index contributed by atoms with van der Waals surface area (Å²) >= 11 is 2.52. The molecule has 0 saturated carbocycles. The topological polar surface area (TPSA) is 4.93 Å². The highest BCUT2D eigenvalue weighted by molar-refractivity contribution is 14.1. The van der Waals surface area contributed by atoms with Crippen LogP contribution in [0.2, 0.25) is 0 Å². The van der Waals surface area contributed by atoms with Crippen LogP contribution in [0.1, 0.15) is 36.9 Å². The third-order valence-corrected chi connectivity index (χ3v) is 4.98. The van der Waals surface area contributed by atoms with Gasteiger partial charge in [0.05, 0.1) is 5.69 Å². The average molecular weight is 351 g/mol. The van der Waals surface area contributed by atoms with Gasteiger partial charge in [0, 0.05) is 21.5 Å². The maximum absolute atomic E-state index is 2.52. The minimum Gasteiger partial charge on any atom is -0.343 e. The molecule has 1 aromatic heterocycles. The van der Waals surface area contributed by atoms with Gasteiger partial charge in [0.2, 0.25) is 0 Å². The molecule has 0 aliphatic heterocycles. The zero-order valence-electron chi connectivity index (χ0n) is 11.0. The Balaban J connectivity index is 2.26. The Hall–Kier alpha value is -0.770. The predicted molar refractivity (Wildman–Crippen MR) is 86.8 cm³/mol. The molecule has 0 saturated heterocycles. The molecule has 0 bridgehead atoms. The molecule has 1 aliphatic carbocycles. The first-order valence-corrected chi connectivity index (χ1v) is 7.70. The van der Waals surface area contributed by atoms with E-state index in [1.54, 1.807) is 5.57 Å². The molecular formula is C16H18IN. The molecule has 0 atom stereocenters. The maximum atomic E-state index is 2.52. The first-order chi connectivity index (χ1) is 8.68. The fraction of sp³-hybridized carbons (Fsp3) is 0.375. The normalized spacial score (nSPS) is 16.1. The van der Waals surface area contributed by atoms with Crippen LogP contribution < -0.4 is 0 Å². The quantitative estimate of drug-likeness (QED) is 0.634.